The Balaban J connectivity index is 1.47. The maximum absolute atomic E-state index is 12.5. The lowest BCUT2D eigenvalue weighted by Gasteiger charge is -2.15. The molecule has 0 radical (unpaired) electrons. The van der Waals surface area contributed by atoms with Gasteiger partial charge in [0.1, 0.15) is 11.5 Å². The van der Waals surface area contributed by atoms with Crippen LogP contribution in [0.5, 0.6) is 5.75 Å². The summed E-state index contributed by atoms with van der Waals surface area (Å²) in [5.41, 5.74) is 4.76. The fourth-order valence-electron chi connectivity index (χ4n) is 4.31. The lowest BCUT2D eigenvalue weighted by molar-refractivity contribution is -0.137. The van der Waals surface area contributed by atoms with Crippen LogP contribution in [0.1, 0.15) is 54.3 Å². The van der Waals surface area contributed by atoms with Crippen LogP contribution in [-0.2, 0) is 35.5 Å². The molecule has 0 saturated carbocycles. The van der Waals surface area contributed by atoms with E-state index in [1.54, 1.807) is 0 Å². The fourth-order valence-corrected chi connectivity index (χ4v) is 4.31. The number of carbonyl (C=O) groups is 2. The molecule has 1 amide bonds. The number of ether oxygens (including phenoxy) is 1. The summed E-state index contributed by atoms with van der Waals surface area (Å²) >= 11 is 0. The standard InChI is InChI=1S/C27H30N2O5/c1-3-7-25(30)29-16-21-19(11-13-26(31)32)10-12-24(22(21)17-29)33-15-14-23-18(2)34-27(28-23)20-8-5-4-6-9-20/h4-6,8-10,12H,3,7,11,13-17H2,1-2H3,(H,31,32). The molecule has 0 saturated heterocycles. The number of aromatic nitrogens is 1. The lowest BCUT2D eigenvalue weighted by atomic mass is 9.99. The molecule has 2 heterocycles. The van der Waals surface area contributed by atoms with Crippen LogP contribution in [0.15, 0.2) is 46.9 Å². The largest absolute Gasteiger partial charge is 0.493 e. The van der Waals surface area contributed by atoms with E-state index in [-0.39, 0.29) is 12.3 Å². The van der Waals surface area contributed by atoms with Crippen LogP contribution in [0.3, 0.4) is 0 Å². The van der Waals surface area contributed by atoms with Crippen LogP contribution in [-0.4, -0.2) is 33.5 Å². The molecular weight excluding hydrogens is 432 g/mol. The van der Waals surface area contributed by atoms with Crippen molar-refractivity contribution in [2.24, 2.45) is 0 Å². The number of benzene rings is 2. The average Bonchev–Trinajstić information content (AvgIpc) is 3.44. The molecule has 1 N–H and O–H groups in total. The van der Waals surface area contributed by atoms with Crippen molar-refractivity contribution in [2.75, 3.05) is 6.61 Å². The second kappa shape index (κ2) is 10.5. The van der Waals surface area contributed by atoms with Gasteiger partial charge in [-0.3, -0.25) is 9.59 Å². The third-order valence-corrected chi connectivity index (χ3v) is 6.12. The molecule has 3 aromatic rings. The maximum Gasteiger partial charge on any atom is 0.303 e. The van der Waals surface area contributed by atoms with Crippen molar-refractivity contribution in [1.29, 1.82) is 0 Å². The molecular formula is C27H30N2O5. The molecule has 178 valence electrons. The number of oxazole rings is 1. The van der Waals surface area contributed by atoms with Crippen molar-refractivity contribution < 1.29 is 23.8 Å². The zero-order valence-electron chi connectivity index (χ0n) is 19.7. The molecule has 7 heteroatoms. The first-order valence-electron chi connectivity index (χ1n) is 11.7. The van der Waals surface area contributed by atoms with Gasteiger partial charge in [-0.05, 0) is 49.1 Å². The number of nitrogens with zero attached hydrogens (tertiary/aromatic N) is 2. The van der Waals surface area contributed by atoms with Crippen molar-refractivity contribution in [1.82, 2.24) is 9.88 Å². The second-order valence-electron chi connectivity index (χ2n) is 8.56. The van der Waals surface area contributed by atoms with Crippen LogP contribution in [0.2, 0.25) is 0 Å². The molecule has 0 fully saturated rings. The third-order valence-electron chi connectivity index (χ3n) is 6.12. The number of carboxylic acids is 1. The van der Waals surface area contributed by atoms with Gasteiger partial charge in [0.05, 0.1) is 12.3 Å². The molecule has 4 rings (SSSR count). The first-order chi connectivity index (χ1) is 16.5. The van der Waals surface area contributed by atoms with Gasteiger partial charge in [0.15, 0.2) is 0 Å². The van der Waals surface area contributed by atoms with E-state index in [1.165, 1.54) is 0 Å². The van der Waals surface area contributed by atoms with Crippen molar-refractivity contribution in [3.8, 4) is 17.2 Å². The van der Waals surface area contributed by atoms with E-state index in [1.807, 2.05) is 61.2 Å². The highest BCUT2D eigenvalue weighted by atomic mass is 16.5. The first kappa shape index (κ1) is 23.5. The molecule has 34 heavy (non-hydrogen) atoms. The molecule has 0 aliphatic carbocycles. The minimum Gasteiger partial charge on any atom is -0.493 e. The summed E-state index contributed by atoms with van der Waals surface area (Å²) in [6, 6.07) is 13.6. The van der Waals surface area contributed by atoms with Crippen molar-refractivity contribution in [3.05, 3.63) is 70.6 Å². The molecule has 1 aromatic heterocycles. The number of aryl methyl sites for hydroxylation is 2. The number of carbonyl (C=O) groups excluding carboxylic acids is 1. The Kier molecular flexibility index (Phi) is 7.30. The SMILES string of the molecule is CCCC(=O)N1Cc2c(CCC(=O)O)ccc(OCCc3nc(-c4ccccc4)oc3C)c2C1. The number of fused-ring (bicyclic) bond motifs is 1. The average molecular weight is 463 g/mol. The van der Waals surface area contributed by atoms with E-state index in [0.717, 1.165) is 45.9 Å². The highest BCUT2D eigenvalue weighted by Crippen LogP contribution is 2.35. The topological polar surface area (TPSA) is 92.9 Å². The van der Waals surface area contributed by atoms with Crippen molar-refractivity contribution in [3.63, 3.8) is 0 Å². The predicted octanol–water partition coefficient (Wildman–Crippen LogP) is 4.93. The summed E-state index contributed by atoms with van der Waals surface area (Å²) in [7, 11) is 0. The molecule has 7 nitrogen and oxygen atoms in total. The summed E-state index contributed by atoms with van der Waals surface area (Å²) in [5.74, 6) is 1.39. The van der Waals surface area contributed by atoms with E-state index >= 15 is 0 Å². The van der Waals surface area contributed by atoms with E-state index in [4.69, 9.17) is 14.3 Å². The summed E-state index contributed by atoms with van der Waals surface area (Å²) in [5, 5.41) is 9.11. The van der Waals surface area contributed by atoms with Gasteiger partial charge in [0, 0.05) is 43.5 Å². The number of rotatable bonds is 10. The Morgan fingerprint density at radius 2 is 1.82 bits per heavy atom. The maximum atomic E-state index is 12.5. The third kappa shape index (κ3) is 5.30. The number of aliphatic carboxylic acids is 1. The summed E-state index contributed by atoms with van der Waals surface area (Å²) in [6.45, 7) is 5.31. The molecule has 2 aromatic carbocycles. The summed E-state index contributed by atoms with van der Waals surface area (Å²) < 4.78 is 12.0. The van der Waals surface area contributed by atoms with Gasteiger partial charge in [0.25, 0.3) is 0 Å². The first-order valence-corrected chi connectivity index (χ1v) is 11.7. The normalized spacial score (nSPS) is 12.6. The summed E-state index contributed by atoms with van der Waals surface area (Å²) in [6.07, 6.45) is 2.39. The smallest absolute Gasteiger partial charge is 0.303 e. The van der Waals surface area contributed by atoms with E-state index in [0.29, 0.717) is 44.8 Å². The van der Waals surface area contributed by atoms with E-state index in [9.17, 15) is 9.59 Å². The molecule has 0 atom stereocenters. The van der Waals surface area contributed by atoms with Gasteiger partial charge < -0.3 is 19.2 Å². The molecule has 1 aliphatic heterocycles. The Morgan fingerprint density at radius 3 is 2.56 bits per heavy atom. The van der Waals surface area contributed by atoms with Crippen molar-refractivity contribution in [2.45, 2.75) is 59.0 Å². The Labute approximate surface area is 199 Å². The monoisotopic (exact) mass is 462 g/mol. The number of hydrogen-bond acceptors (Lipinski definition) is 5. The minimum atomic E-state index is -0.830. The molecule has 0 bridgehead atoms. The van der Waals surface area contributed by atoms with Gasteiger partial charge in [-0.15, -0.1) is 0 Å². The second-order valence-corrected chi connectivity index (χ2v) is 8.56. The Morgan fingerprint density at radius 1 is 1.06 bits per heavy atom. The summed E-state index contributed by atoms with van der Waals surface area (Å²) in [4.78, 5) is 30.1. The van der Waals surface area contributed by atoms with Crippen LogP contribution < -0.4 is 4.74 Å². The van der Waals surface area contributed by atoms with Gasteiger partial charge in [-0.1, -0.05) is 31.2 Å². The number of carboxylic acid groups (broad SMARTS) is 1. The molecule has 0 unspecified atom stereocenters. The Hall–Kier alpha value is -3.61. The van der Waals surface area contributed by atoms with Gasteiger partial charge >= 0.3 is 5.97 Å². The zero-order chi connectivity index (χ0) is 24.1. The van der Waals surface area contributed by atoms with E-state index in [2.05, 4.69) is 4.98 Å². The van der Waals surface area contributed by atoms with Gasteiger partial charge in [-0.25, -0.2) is 4.98 Å². The highest BCUT2D eigenvalue weighted by Gasteiger charge is 2.28. The quantitative estimate of drug-likeness (QED) is 0.459. The van der Waals surface area contributed by atoms with E-state index < -0.39 is 5.97 Å². The minimum absolute atomic E-state index is 0.0603. The predicted molar refractivity (Wildman–Crippen MR) is 127 cm³/mol. The number of hydrogen-bond donors (Lipinski definition) is 1. The van der Waals surface area contributed by atoms with Gasteiger partial charge in [-0.2, -0.15) is 0 Å². The van der Waals surface area contributed by atoms with Gasteiger partial charge in [0.2, 0.25) is 11.8 Å². The molecule has 1 aliphatic rings. The van der Waals surface area contributed by atoms with Crippen LogP contribution >= 0.6 is 0 Å². The number of amides is 1. The van der Waals surface area contributed by atoms with Crippen molar-refractivity contribution >= 4 is 11.9 Å². The van der Waals surface area contributed by atoms with Crippen LogP contribution in [0, 0.1) is 6.92 Å². The zero-order valence-corrected chi connectivity index (χ0v) is 19.7. The highest BCUT2D eigenvalue weighted by molar-refractivity contribution is 5.77. The molecule has 0 spiro atoms. The van der Waals surface area contributed by atoms with Crippen LogP contribution in [0.4, 0.5) is 0 Å². The fraction of sp³-hybridized carbons (Fsp3) is 0.370. The lowest BCUT2D eigenvalue weighted by Crippen LogP contribution is -2.24. The van der Waals surface area contributed by atoms with Crippen LogP contribution in [0.25, 0.3) is 11.5 Å². The Bertz CT molecular complexity index is 1170.